The Morgan fingerprint density at radius 2 is 1.55 bits per heavy atom. The zero-order valence-electron chi connectivity index (χ0n) is 11.2. The summed E-state index contributed by atoms with van der Waals surface area (Å²) < 4.78 is 5.54. The van der Waals surface area contributed by atoms with E-state index >= 15 is 0 Å². The summed E-state index contributed by atoms with van der Waals surface area (Å²) in [5.41, 5.74) is 0.851. The Bertz CT molecular complexity index is 599. The van der Waals surface area contributed by atoms with E-state index in [1.165, 1.54) is 0 Å². The lowest BCUT2D eigenvalue weighted by atomic mass is 10.0. The number of rotatable bonds is 4. The second-order valence-corrected chi connectivity index (χ2v) is 5.43. The molecule has 0 radical (unpaired) electrons. The molecule has 104 valence electrons. The van der Waals surface area contributed by atoms with E-state index in [0.29, 0.717) is 21.2 Å². The van der Waals surface area contributed by atoms with Crippen molar-refractivity contribution >= 4 is 29.0 Å². The number of carbonyl (C=O) groups excluding carboxylic acids is 1. The number of benzene rings is 2. The Morgan fingerprint density at radius 1 is 1.00 bits per heavy atom. The van der Waals surface area contributed by atoms with Crippen molar-refractivity contribution in [3.63, 3.8) is 0 Å². The molecule has 20 heavy (non-hydrogen) atoms. The first-order valence-electron chi connectivity index (χ1n) is 6.24. The van der Waals surface area contributed by atoms with Gasteiger partial charge in [-0.2, -0.15) is 0 Å². The maximum Gasteiger partial charge on any atom is 0.196 e. The molecule has 0 amide bonds. The number of ether oxygens (including phenoxy) is 1. The van der Waals surface area contributed by atoms with Crippen LogP contribution in [-0.4, -0.2) is 11.9 Å². The SMILES string of the molecule is CC(C)Oc1ccc(C(=O)c2c(Cl)cccc2Cl)cc1. The summed E-state index contributed by atoms with van der Waals surface area (Å²) in [4.78, 5) is 12.4. The maximum absolute atomic E-state index is 12.4. The second-order valence-electron chi connectivity index (χ2n) is 4.62. The predicted molar refractivity (Wildman–Crippen MR) is 82.1 cm³/mol. The highest BCUT2D eigenvalue weighted by atomic mass is 35.5. The molecule has 2 aromatic rings. The molecule has 0 heterocycles. The van der Waals surface area contributed by atoms with E-state index in [1.54, 1.807) is 42.5 Å². The van der Waals surface area contributed by atoms with Crippen LogP contribution < -0.4 is 4.74 Å². The fraction of sp³-hybridized carbons (Fsp3) is 0.188. The Kier molecular flexibility index (Phi) is 4.69. The van der Waals surface area contributed by atoms with Crippen LogP contribution in [0.25, 0.3) is 0 Å². The highest BCUT2D eigenvalue weighted by Crippen LogP contribution is 2.27. The van der Waals surface area contributed by atoms with Crippen molar-refractivity contribution in [1.82, 2.24) is 0 Å². The summed E-state index contributed by atoms with van der Waals surface area (Å²) in [7, 11) is 0. The highest BCUT2D eigenvalue weighted by molar-refractivity contribution is 6.41. The topological polar surface area (TPSA) is 26.3 Å². The molecule has 0 unspecified atom stereocenters. The van der Waals surface area contributed by atoms with Gasteiger partial charge in [0.05, 0.1) is 21.7 Å². The third kappa shape index (κ3) is 3.33. The number of ketones is 1. The monoisotopic (exact) mass is 308 g/mol. The fourth-order valence-electron chi connectivity index (χ4n) is 1.82. The van der Waals surface area contributed by atoms with Crippen molar-refractivity contribution in [2.45, 2.75) is 20.0 Å². The van der Waals surface area contributed by atoms with E-state index < -0.39 is 0 Å². The van der Waals surface area contributed by atoms with Gasteiger partial charge in [0.15, 0.2) is 5.78 Å². The molecular formula is C16H14Cl2O2. The molecule has 0 aromatic heterocycles. The second kappa shape index (κ2) is 6.29. The minimum Gasteiger partial charge on any atom is -0.491 e. The van der Waals surface area contributed by atoms with E-state index in [2.05, 4.69) is 0 Å². The van der Waals surface area contributed by atoms with Gasteiger partial charge in [0.25, 0.3) is 0 Å². The molecule has 0 atom stereocenters. The van der Waals surface area contributed by atoms with Crippen LogP contribution in [0.4, 0.5) is 0 Å². The number of hydrogen-bond acceptors (Lipinski definition) is 2. The van der Waals surface area contributed by atoms with E-state index in [9.17, 15) is 4.79 Å². The van der Waals surface area contributed by atoms with Crippen molar-refractivity contribution in [2.75, 3.05) is 0 Å². The molecule has 4 heteroatoms. The number of hydrogen-bond donors (Lipinski definition) is 0. The molecule has 2 nitrogen and oxygen atoms in total. The Balaban J connectivity index is 2.30. The third-order valence-corrected chi connectivity index (χ3v) is 3.31. The number of halogens is 2. The number of carbonyl (C=O) groups is 1. The maximum atomic E-state index is 12.4. The smallest absolute Gasteiger partial charge is 0.196 e. The lowest BCUT2D eigenvalue weighted by Crippen LogP contribution is -2.06. The first-order chi connectivity index (χ1) is 9.49. The first-order valence-corrected chi connectivity index (χ1v) is 7.00. The van der Waals surface area contributed by atoms with E-state index in [0.717, 1.165) is 5.75 Å². The van der Waals surface area contributed by atoms with Gasteiger partial charge in [0, 0.05) is 5.56 Å². The lowest BCUT2D eigenvalue weighted by Gasteiger charge is -2.10. The molecule has 0 aliphatic rings. The fourth-order valence-corrected chi connectivity index (χ4v) is 2.39. The van der Waals surface area contributed by atoms with E-state index in [4.69, 9.17) is 27.9 Å². The predicted octanol–water partition coefficient (Wildman–Crippen LogP) is 5.01. The molecule has 0 saturated heterocycles. The molecule has 2 rings (SSSR count). The summed E-state index contributed by atoms with van der Waals surface area (Å²) in [6, 6.07) is 11.9. The van der Waals surface area contributed by atoms with Gasteiger partial charge in [-0.1, -0.05) is 29.3 Å². The molecule has 0 aliphatic carbocycles. The van der Waals surface area contributed by atoms with Crippen LogP contribution in [-0.2, 0) is 0 Å². The molecule has 0 spiro atoms. The average molecular weight is 309 g/mol. The van der Waals surface area contributed by atoms with Gasteiger partial charge in [0.1, 0.15) is 5.75 Å². The van der Waals surface area contributed by atoms with Crippen LogP contribution >= 0.6 is 23.2 Å². The van der Waals surface area contributed by atoms with Crippen molar-refractivity contribution in [2.24, 2.45) is 0 Å². The van der Waals surface area contributed by atoms with Gasteiger partial charge in [-0.15, -0.1) is 0 Å². The van der Waals surface area contributed by atoms with E-state index in [1.807, 2.05) is 13.8 Å². The summed E-state index contributed by atoms with van der Waals surface area (Å²) in [6.45, 7) is 3.89. The van der Waals surface area contributed by atoms with Crippen LogP contribution in [0.1, 0.15) is 29.8 Å². The van der Waals surface area contributed by atoms with Crippen LogP contribution in [0.5, 0.6) is 5.75 Å². The normalized spacial score (nSPS) is 10.7. The zero-order valence-corrected chi connectivity index (χ0v) is 12.7. The summed E-state index contributed by atoms with van der Waals surface area (Å²) >= 11 is 12.1. The standard InChI is InChI=1S/C16H14Cl2O2/c1-10(2)20-12-8-6-11(7-9-12)16(19)15-13(17)4-3-5-14(15)18/h3-10H,1-2H3. The van der Waals surface area contributed by atoms with Gasteiger partial charge in [-0.05, 0) is 50.2 Å². The van der Waals surface area contributed by atoms with Crippen LogP contribution in [0.2, 0.25) is 10.0 Å². The van der Waals surface area contributed by atoms with Gasteiger partial charge < -0.3 is 4.74 Å². The molecule has 0 aliphatic heterocycles. The summed E-state index contributed by atoms with van der Waals surface area (Å²) in [5, 5.41) is 0.704. The Labute approximate surface area is 128 Å². The van der Waals surface area contributed by atoms with Gasteiger partial charge in [0.2, 0.25) is 0 Å². The van der Waals surface area contributed by atoms with Crippen molar-refractivity contribution in [1.29, 1.82) is 0 Å². The molecule has 0 fully saturated rings. The van der Waals surface area contributed by atoms with Gasteiger partial charge in [-0.25, -0.2) is 0 Å². The molecule has 0 N–H and O–H groups in total. The largest absolute Gasteiger partial charge is 0.491 e. The Morgan fingerprint density at radius 3 is 2.05 bits per heavy atom. The third-order valence-electron chi connectivity index (χ3n) is 2.68. The van der Waals surface area contributed by atoms with Crippen molar-refractivity contribution in [3.8, 4) is 5.75 Å². The van der Waals surface area contributed by atoms with Crippen LogP contribution in [0, 0.1) is 0 Å². The zero-order chi connectivity index (χ0) is 14.7. The highest BCUT2D eigenvalue weighted by Gasteiger charge is 2.16. The van der Waals surface area contributed by atoms with Crippen LogP contribution in [0.3, 0.4) is 0 Å². The summed E-state index contributed by atoms with van der Waals surface area (Å²) in [6.07, 6.45) is 0.0922. The molecular weight excluding hydrogens is 295 g/mol. The quantitative estimate of drug-likeness (QED) is 0.742. The minimum absolute atomic E-state index is 0.0922. The van der Waals surface area contributed by atoms with E-state index in [-0.39, 0.29) is 11.9 Å². The summed E-state index contributed by atoms with van der Waals surface area (Å²) in [5.74, 6) is 0.526. The van der Waals surface area contributed by atoms with Gasteiger partial charge in [-0.3, -0.25) is 4.79 Å². The molecule has 2 aromatic carbocycles. The first kappa shape index (κ1) is 14.9. The Hall–Kier alpha value is -1.51. The van der Waals surface area contributed by atoms with Crippen molar-refractivity contribution in [3.05, 3.63) is 63.6 Å². The average Bonchev–Trinajstić information content (AvgIpc) is 2.38. The van der Waals surface area contributed by atoms with Crippen molar-refractivity contribution < 1.29 is 9.53 Å². The minimum atomic E-state index is -0.198. The molecule has 0 saturated carbocycles. The lowest BCUT2D eigenvalue weighted by molar-refractivity contribution is 0.103. The molecule has 0 bridgehead atoms. The van der Waals surface area contributed by atoms with Gasteiger partial charge >= 0.3 is 0 Å². The van der Waals surface area contributed by atoms with Crippen LogP contribution in [0.15, 0.2) is 42.5 Å².